The number of aryl methyl sites for hydroxylation is 1. The number of halogens is 1. The maximum absolute atomic E-state index is 11.1. The smallest absolute Gasteiger partial charge is 0.195 e. The lowest BCUT2D eigenvalue weighted by Gasteiger charge is -2.07. The van der Waals surface area contributed by atoms with Crippen molar-refractivity contribution in [1.82, 2.24) is 0 Å². The van der Waals surface area contributed by atoms with Gasteiger partial charge >= 0.3 is 0 Å². The van der Waals surface area contributed by atoms with E-state index in [9.17, 15) is 4.79 Å². The number of carbonyl (C=O) groups excluding carboxylic acids is 1. The summed E-state index contributed by atoms with van der Waals surface area (Å²) in [6.07, 6.45) is 0. The summed E-state index contributed by atoms with van der Waals surface area (Å²) >= 11 is 3.37. The SMILES string of the molecule is COCC(=O)COc1ccc(C)cc1Br. The standard InChI is InChI=1S/C11H13BrO3/c1-8-3-4-11(10(12)5-8)15-7-9(13)6-14-2/h3-5H,6-7H2,1-2H3. The molecule has 1 aromatic rings. The van der Waals surface area contributed by atoms with Crippen LogP contribution in [-0.4, -0.2) is 26.1 Å². The first-order valence-electron chi connectivity index (χ1n) is 4.53. The van der Waals surface area contributed by atoms with Gasteiger partial charge in [0.25, 0.3) is 0 Å². The van der Waals surface area contributed by atoms with Crippen molar-refractivity contribution in [2.45, 2.75) is 6.92 Å². The highest BCUT2D eigenvalue weighted by Gasteiger charge is 2.05. The molecular formula is C11H13BrO3. The molecule has 0 bridgehead atoms. The van der Waals surface area contributed by atoms with Crippen LogP contribution in [0.1, 0.15) is 5.56 Å². The Morgan fingerprint density at radius 1 is 1.40 bits per heavy atom. The highest BCUT2D eigenvalue weighted by Crippen LogP contribution is 2.25. The molecule has 0 N–H and O–H groups in total. The minimum Gasteiger partial charge on any atom is -0.485 e. The summed E-state index contributed by atoms with van der Waals surface area (Å²) in [5.74, 6) is 0.593. The molecule has 0 amide bonds. The van der Waals surface area contributed by atoms with E-state index in [-0.39, 0.29) is 19.0 Å². The second-order valence-corrected chi connectivity index (χ2v) is 4.05. The number of rotatable bonds is 5. The zero-order valence-electron chi connectivity index (χ0n) is 8.75. The number of ketones is 1. The zero-order chi connectivity index (χ0) is 11.3. The van der Waals surface area contributed by atoms with Crippen LogP contribution >= 0.6 is 15.9 Å². The highest BCUT2D eigenvalue weighted by atomic mass is 79.9. The molecule has 82 valence electrons. The molecule has 15 heavy (non-hydrogen) atoms. The molecule has 0 aromatic heterocycles. The molecule has 1 rings (SSSR count). The fourth-order valence-corrected chi connectivity index (χ4v) is 1.69. The van der Waals surface area contributed by atoms with Crippen LogP contribution in [-0.2, 0) is 9.53 Å². The molecule has 4 heteroatoms. The number of hydrogen-bond donors (Lipinski definition) is 0. The van der Waals surface area contributed by atoms with E-state index in [1.54, 1.807) is 0 Å². The van der Waals surface area contributed by atoms with Crippen LogP contribution in [0.4, 0.5) is 0 Å². The van der Waals surface area contributed by atoms with Gasteiger partial charge in [-0.2, -0.15) is 0 Å². The van der Waals surface area contributed by atoms with E-state index < -0.39 is 0 Å². The van der Waals surface area contributed by atoms with Crippen LogP contribution in [0.2, 0.25) is 0 Å². The van der Waals surface area contributed by atoms with Gasteiger partial charge in [-0.15, -0.1) is 0 Å². The predicted molar refractivity (Wildman–Crippen MR) is 61.3 cm³/mol. The molecule has 0 aliphatic heterocycles. The second kappa shape index (κ2) is 5.88. The van der Waals surface area contributed by atoms with E-state index in [1.807, 2.05) is 25.1 Å². The molecular weight excluding hydrogens is 260 g/mol. The Hall–Kier alpha value is -0.870. The Balaban J connectivity index is 2.54. The van der Waals surface area contributed by atoms with Gasteiger partial charge in [-0.05, 0) is 40.5 Å². The van der Waals surface area contributed by atoms with Gasteiger partial charge in [0, 0.05) is 7.11 Å². The summed E-state index contributed by atoms with van der Waals surface area (Å²) in [5, 5.41) is 0. The molecule has 0 unspecified atom stereocenters. The molecule has 0 spiro atoms. The van der Waals surface area contributed by atoms with Crippen LogP contribution in [0, 0.1) is 6.92 Å². The lowest BCUT2D eigenvalue weighted by molar-refractivity contribution is -0.124. The monoisotopic (exact) mass is 272 g/mol. The van der Waals surface area contributed by atoms with E-state index in [4.69, 9.17) is 9.47 Å². The van der Waals surface area contributed by atoms with Crippen molar-refractivity contribution in [1.29, 1.82) is 0 Å². The Labute approximate surface area is 97.5 Å². The van der Waals surface area contributed by atoms with Crippen LogP contribution in [0.5, 0.6) is 5.75 Å². The highest BCUT2D eigenvalue weighted by molar-refractivity contribution is 9.10. The third-order valence-electron chi connectivity index (χ3n) is 1.78. The minimum atomic E-state index is -0.0787. The van der Waals surface area contributed by atoms with E-state index in [2.05, 4.69) is 15.9 Å². The van der Waals surface area contributed by atoms with Crippen LogP contribution in [0.25, 0.3) is 0 Å². The zero-order valence-corrected chi connectivity index (χ0v) is 10.3. The molecule has 0 aliphatic carbocycles. The van der Waals surface area contributed by atoms with Crippen LogP contribution < -0.4 is 4.74 Å². The van der Waals surface area contributed by atoms with Gasteiger partial charge in [-0.3, -0.25) is 4.79 Å². The van der Waals surface area contributed by atoms with Crippen molar-refractivity contribution in [3.05, 3.63) is 28.2 Å². The number of Topliss-reactive ketones (excluding diaryl/α,β-unsaturated/α-hetero) is 1. The van der Waals surface area contributed by atoms with Gasteiger partial charge in [-0.25, -0.2) is 0 Å². The Morgan fingerprint density at radius 3 is 2.73 bits per heavy atom. The Kier molecular flexibility index (Phi) is 4.78. The topological polar surface area (TPSA) is 35.5 Å². The van der Waals surface area contributed by atoms with Crippen molar-refractivity contribution in [3.63, 3.8) is 0 Å². The first kappa shape index (κ1) is 12.2. The van der Waals surface area contributed by atoms with Crippen molar-refractivity contribution in [2.75, 3.05) is 20.3 Å². The molecule has 0 saturated heterocycles. The van der Waals surface area contributed by atoms with E-state index in [0.717, 1.165) is 10.0 Å². The summed E-state index contributed by atoms with van der Waals surface area (Å²) in [7, 11) is 1.49. The minimum absolute atomic E-state index is 0.0372. The van der Waals surface area contributed by atoms with Crippen molar-refractivity contribution < 1.29 is 14.3 Å². The van der Waals surface area contributed by atoms with Gasteiger partial charge in [0.1, 0.15) is 19.0 Å². The average molecular weight is 273 g/mol. The predicted octanol–water partition coefficient (Wildman–Crippen LogP) is 2.35. The number of hydrogen-bond acceptors (Lipinski definition) is 3. The molecule has 0 fully saturated rings. The third kappa shape index (κ3) is 4.01. The maximum atomic E-state index is 11.1. The van der Waals surface area contributed by atoms with Gasteiger partial charge in [0.15, 0.2) is 5.78 Å². The van der Waals surface area contributed by atoms with Crippen LogP contribution in [0.3, 0.4) is 0 Å². The molecule has 0 atom stereocenters. The molecule has 0 radical (unpaired) electrons. The van der Waals surface area contributed by atoms with Crippen molar-refractivity contribution >= 4 is 21.7 Å². The largest absolute Gasteiger partial charge is 0.485 e. The van der Waals surface area contributed by atoms with Gasteiger partial charge in [-0.1, -0.05) is 6.07 Å². The molecule has 0 saturated carbocycles. The third-order valence-corrected chi connectivity index (χ3v) is 2.40. The van der Waals surface area contributed by atoms with Crippen molar-refractivity contribution in [2.24, 2.45) is 0 Å². The van der Waals surface area contributed by atoms with Crippen molar-refractivity contribution in [3.8, 4) is 5.75 Å². The fraction of sp³-hybridized carbons (Fsp3) is 0.364. The number of ether oxygens (including phenoxy) is 2. The Bertz CT molecular complexity index is 350. The van der Waals surface area contributed by atoms with Crippen LogP contribution in [0.15, 0.2) is 22.7 Å². The molecule has 0 aliphatic rings. The summed E-state index contributed by atoms with van der Waals surface area (Å²) in [6.45, 7) is 2.11. The average Bonchev–Trinajstić information content (AvgIpc) is 2.17. The summed E-state index contributed by atoms with van der Waals surface area (Å²) < 4.78 is 10.9. The number of methoxy groups -OCH3 is 1. The van der Waals surface area contributed by atoms with Gasteiger partial charge in [0.2, 0.25) is 0 Å². The Morgan fingerprint density at radius 2 is 2.13 bits per heavy atom. The first-order valence-corrected chi connectivity index (χ1v) is 5.32. The molecule has 0 heterocycles. The second-order valence-electron chi connectivity index (χ2n) is 3.19. The van der Waals surface area contributed by atoms with E-state index >= 15 is 0 Å². The summed E-state index contributed by atoms with van der Waals surface area (Å²) in [4.78, 5) is 11.1. The normalized spacial score (nSPS) is 10.1. The number of carbonyl (C=O) groups is 1. The molecule has 3 nitrogen and oxygen atoms in total. The summed E-state index contributed by atoms with van der Waals surface area (Å²) in [6, 6.07) is 5.70. The lowest BCUT2D eigenvalue weighted by atomic mass is 10.2. The quantitative estimate of drug-likeness (QED) is 0.826. The van der Waals surface area contributed by atoms with Gasteiger partial charge < -0.3 is 9.47 Å². The number of benzene rings is 1. The van der Waals surface area contributed by atoms with E-state index in [1.165, 1.54) is 7.11 Å². The fourth-order valence-electron chi connectivity index (χ4n) is 1.08. The molecule has 1 aromatic carbocycles. The van der Waals surface area contributed by atoms with Gasteiger partial charge in [0.05, 0.1) is 4.47 Å². The maximum Gasteiger partial charge on any atom is 0.195 e. The van der Waals surface area contributed by atoms with E-state index in [0.29, 0.717) is 5.75 Å². The lowest BCUT2D eigenvalue weighted by Crippen LogP contribution is -2.16. The first-order chi connectivity index (χ1) is 7.13. The summed E-state index contributed by atoms with van der Waals surface area (Å²) in [5.41, 5.74) is 1.14.